The van der Waals surface area contributed by atoms with E-state index in [1.807, 2.05) is 20.8 Å². The molecule has 2 heterocycles. The molecular formula is C20H23N3O4S2. The van der Waals surface area contributed by atoms with Gasteiger partial charge in [-0.1, -0.05) is 11.8 Å². The van der Waals surface area contributed by atoms with E-state index < -0.39 is 0 Å². The van der Waals surface area contributed by atoms with Gasteiger partial charge < -0.3 is 14.8 Å². The Kier molecular flexibility index (Phi) is 6.49. The summed E-state index contributed by atoms with van der Waals surface area (Å²) in [5.41, 5.74) is 1.53. The average molecular weight is 434 g/mol. The molecule has 0 spiro atoms. The van der Waals surface area contributed by atoms with Crippen LogP contribution in [0.2, 0.25) is 0 Å². The van der Waals surface area contributed by atoms with Crippen molar-refractivity contribution >= 4 is 44.9 Å². The first-order valence-electron chi connectivity index (χ1n) is 9.04. The van der Waals surface area contributed by atoms with E-state index >= 15 is 0 Å². The van der Waals surface area contributed by atoms with Crippen LogP contribution in [0.4, 0.5) is 5.69 Å². The van der Waals surface area contributed by atoms with Crippen LogP contribution in [-0.4, -0.2) is 35.4 Å². The number of thiophene rings is 1. The Morgan fingerprint density at radius 2 is 1.97 bits per heavy atom. The van der Waals surface area contributed by atoms with Crippen molar-refractivity contribution in [1.29, 1.82) is 0 Å². The number of carbonyl (C=O) groups excluding carboxylic acids is 1. The number of amides is 1. The molecular weight excluding hydrogens is 410 g/mol. The number of ether oxygens (including phenoxy) is 2. The number of benzene rings is 1. The number of rotatable bonds is 7. The van der Waals surface area contributed by atoms with Crippen molar-refractivity contribution in [3.63, 3.8) is 0 Å². The Balaban J connectivity index is 1.78. The molecule has 3 aromatic rings. The van der Waals surface area contributed by atoms with Crippen LogP contribution < -0.4 is 20.3 Å². The highest BCUT2D eigenvalue weighted by Crippen LogP contribution is 2.30. The molecule has 0 aliphatic carbocycles. The van der Waals surface area contributed by atoms with Crippen LogP contribution in [0.25, 0.3) is 10.2 Å². The molecule has 154 valence electrons. The lowest BCUT2D eigenvalue weighted by molar-refractivity contribution is -0.113. The first-order valence-corrected chi connectivity index (χ1v) is 10.8. The summed E-state index contributed by atoms with van der Waals surface area (Å²) in [6.07, 6.45) is 0. The lowest BCUT2D eigenvalue weighted by Crippen LogP contribution is -2.23. The first-order chi connectivity index (χ1) is 13.9. The van der Waals surface area contributed by atoms with Gasteiger partial charge >= 0.3 is 0 Å². The van der Waals surface area contributed by atoms with Gasteiger partial charge in [0.25, 0.3) is 5.56 Å². The zero-order chi connectivity index (χ0) is 21.1. The molecule has 29 heavy (non-hydrogen) atoms. The number of hydrogen-bond acceptors (Lipinski definition) is 7. The molecule has 1 N–H and O–H groups in total. The Bertz CT molecular complexity index is 1120. The Hall–Kier alpha value is -2.52. The number of aromatic nitrogens is 2. The Morgan fingerprint density at radius 1 is 1.24 bits per heavy atom. The van der Waals surface area contributed by atoms with Gasteiger partial charge in [-0.3, -0.25) is 14.2 Å². The predicted octanol–water partition coefficient (Wildman–Crippen LogP) is 3.84. The fourth-order valence-corrected chi connectivity index (χ4v) is 4.87. The van der Waals surface area contributed by atoms with E-state index in [4.69, 9.17) is 9.47 Å². The van der Waals surface area contributed by atoms with Crippen molar-refractivity contribution < 1.29 is 14.3 Å². The third-order valence-electron chi connectivity index (χ3n) is 4.57. The minimum Gasteiger partial charge on any atom is -0.493 e. The van der Waals surface area contributed by atoms with Gasteiger partial charge in [0.15, 0.2) is 16.7 Å². The second-order valence-electron chi connectivity index (χ2n) is 6.31. The molecule has 2 aromatic heterocycles. The molecule has 0 unspecified atom stereocenters. The smallest absolute Gasteiger partial charge is 0.263 e. The summed E-state index contributed by atoms with van der Waals surface area (Å²) in [6, 6.07) is 5.17. The minimum absolute atomic E-state index is 0.0536. The largest absolute Gasteiger partial charge is 0.493 e. The summed E-state index contributed by atoms with van der Waals surface area (Å²) in [6.45, 7) is 6.33. The topological polar surface area (TPSA) is 82.5 Å². The number of nitrogens with zero attached hydrogens (tertiary/aromatic N) is 2. The van der Waals surface area contributed by atoms with Crippen molar-refractivity contribution in [2.75, 3.05) is 25.3 Å². The zero-order valence-electron chi connectivity index (χ0n) is 17.0. The highest BCUT2D eigenvalue weighted by atomic mass is 32.2. The molecule has 0 saturated heterocycles. The maximum absolute atomic E-state index is 12.9. The standard InChI is InChI=1S/C20H23N3O4S2/c1-6-23-19(25)17-11(2)12(3)29-18(17)22-20(23)28-10-16(24)21-13-7-8-14(26-4)15(9-13)27-5/h7-9H,6,10H2,1-5H3,(H,21,24). The SMILES string of the molecule is CCn1c(SCC(=O)Nc2ccc(OC)c(OC)c2)nc2sc(C)c(C)c2c1=O. The third kappa shape index (κ3) is 4.25. The van der Waals surface area contributed by atoms with Crippen molar-refractivity contribution in [2.45, 2.75) is 32.5 Å². The number of thioether (sulfide) groups is 1. The van der Waals surface area contributed by atoms with Gasteiger partial charge in [0.05, 0.1) is 25.4 Å². The van der Waals surface area contributed by atoms with E-state index in [0.29, 0.717) is 34.3 Å². The van der Waals surface area contributed by atoms with Crippen molar-refractivity contribution in [3.8, 4) is 11.5 Å². The fourth-order valence-electron chi connectivity index (χ4n) is 2.94. The van der Waals surface area contributed by atoms with Crippen LogP contribution in [0.15, 0.2) is 28.2 Å². The van der Waals surface area contributed by atoms with Crippen molar-refractivity contribution in [1.82, 2.24) is 9.55 Å². The van der Waals surface area contributed by atoms with E-state index in [9.17, 15) is 9.59 Å². The molecule has 1 aromatic carbocycles. The first kappa shape index (κ1) is 21.2. The van der Waals surface area contributed by atoms with Gasteiger partial charge in [0.2, 0.25) is 5.91 Å². The highest BCUT2D eigenvalue weighted by molar-refractivity contribution is 7.99. The number of methoxy groups -OCH3 is 2. The fraction of sp³-hybridized carbons (Fsp3) is 0.350. The van der Waals surface area contributed by atoms with Crippen LogP contribution in [0.3, 0.4) is 0 Å². The van der Waals surface area contributed by atoms with Crippen molar-refractivity contribution in [3.05, 3.63) is 39.0 Å². The van der Waals surface area contributed by atoms with Crippen LogP contribution in [0.1, 0.15) is 17.4 Å². The van der Waals surface area contributed by atoms with E-state index in [0.717, 1.165) is 15.3 Å². The molecule has 0 fully saturated rings. The second-order valence-corrected chi connectivity index (χ2v) is 8.46. The van der Waals surface area contributed by atoms with Crippen LogP contribution in [-0.2, 0) is 11.3 Å². The van der Waals surface area contributed by atoms with Gasteiger partial charge in [0, 0.05) is 23.2 Å². The van der Waals surface area contributed by atoms with E-state index in [2.05, 4.69) is 10.3 Å². The molecule has 0 bridgehead atoms. The Labute approximate surface area is 177 Å². The summed E-state index contributed by atoms with van der Waals surface area (Å²) in [5.74, 6) is 1.06. The lowest BCUT2D eigenvalue weighted by atomic mass is 10.2. The Morgan fingerprint density at radius 3 is 2.62 bits per heavy atom. The number of carbonyl (C=O) groups is 1. The summed E-state index contributed by atoms with van der Waals surface area (Å²) < 4.78 is 12.1. The molecule has 3 rings (SSSR count). The maximum Gasteiger partial charge on any atom is 0.263 e. The molecule has 7 nitrogen and oxygen atoms in total. The van der Waals surface area contributed by atoms with E-state index in [1.165, 1.54) is 23.1 Å². The van der Waals surface area contributed by atoms with E-state index in [1.54, 1.807) is 37.0 Å². The molecule has 0 saturated carbocycles. The molecule has 0 aliphatic rings. The quantitative estimate of drug-likeness (QED) is 0.450. The third-order valence-corrected chi connectivity index (χ3v) is 6.65. The zero-order valence-corrected chi connectivity index (χ0v) is 18.6. The van der Waals surface area contributed by atoms with Crippen LogP contribution >= 0.6 is 23.1 Å². The van der Waals surface area contributed by atoms with Gasteiger partial charge in [-0.05, 0) is 38.5 Å². The second kappa shape index (κ2) is 8.87. The van der Waals surface area contributed by atoms with Crippen LogP contribution in [0, 0.1) is 13.8 Å². The van der Waals surface area contributed by atoms with Gasteiger partial charge in [-0.25, -0.2) is 4.98 Å². The summed E-state index contributed by atoms with van der Waals surface area (Å²) in [4.78, 5) is 31.8. The number of nitrogens with one attached hydrogen (secondary N) is 1. The summed E-state index contributed by atoms with van der Waals surface area (Å²) >= 11 is 2.76. The summed E-state index contributed by atoms with van der Waals surface area (Å²) in [7, 11) is 3.10. The molecule has 0 radical (unpaired) electrons. The van der Waals surface area contributed by atoms with Gasteiger partial charge in [-0.15, -0.1) is 11.3 Å². The number of aryl methyl sites for hydroxylation is 2. The van der Waals surface area contributed by atoms with E-state index in [-0.39, 0.29) is 17.2 Å². The monoisotopic (exact) mass is 433 g/mol. The maximum atomic E-state index is 12.9. The lowest BCUT2D eigenvalue weighted by Gasteiger charge is -2.12. The number of hydrogen-bond donors (Lipinski definition) is 1. The molecule has 1 amide bonds. The van der Waals surface area contributed by atoms with Gasteiger partial charge in [0.1, 0.15) is 4.83 Å². The molecule has 0 aliphatic heterocycles. The van der Waals surface area contributed by atoms with Gasteiger partial charge in [-0.2, -0.15) is 0 Å². The molecule has 9 heteroatoms. The minimum atomic E-state index is -0.197. The predicted molar refractivity (Wildman–Crippen MR) is 118 cm³/mol. The highest BCUT2D eigenvalue weighted by Gasteiger charge is 2.17. The van der Waals surface area contributed by atoms with Crippen molar-refractivity contribution in [2.24, 2.45) is 0 Å². The molecule has 0 atom stereocenters. The number of anilines is 1. The number of fused-ring (bicyclic) bond motifs is 1. The average Bonchev–Trinajstić information content (AvgIpc) is 3.00. The van der Waals surface area contributed by atoms with Crippen LogP contribution in [0.5, 0.6) is 11.5 Å². The summed E-state index contributed by atoms with van der Waals surface area (Å²) in [5, 5.41) is 4.06. The normalized spacial score (nSPS) is 10.9.